The predicted octanol–water partition coefficient (Wildman–Crippen LogP) is 4.87. The van der Waals surface area contributed by atoms with E-state index in [2.05, 4.69) is 52.0 Å². The molecule has 1 aromatic heterocycles. The molecular formula is C23H28IN3O2. The van der Waals surface area contributed by atoms with E-state index in [1.54, 1.807) is 6.26 Å². The molecule has 29 heavy (non-hydrogen) atoms. The topological polar surface area (TPSA) is 58.8 Å². The smallest absolute Gasteiger partial charge is 0.191 e. The van der Waals surface area contributed by atoms with E-state index in [9.17, 15) is 0 Å². The molecule has 5 nitrogen and oxygen atoms in total. The molecule has 2 aromatic carbocycles. The third-order valence-electron chi connectivity index (χ3n) is 4.18. The standard InChI is InChI=1S/C23H27N3O2.HI/c1-2-24-23(26-16-22-9-6-14-28-22)25-15-19-10-12-21(13-11-19)18-27-17-20-7-4-3-5-8-20;/h3-14H,2,15-18H2,1H3,(H2,24,25,26);1H. The minimum Gasteiger partial charge on any atom is -0.467 e. The zero-order valence-corrected chi connectivity index (χ0v) is 19.0. The van der Waals surface area contributed by atoms with Gasteiger partial charge in [-0.05, 0) is 35.7 Å². The van der Waals surface area contributed by atoms with E-state index in [1.807, 2.05) is 37.3 Å². The molecule has 0 fully saturated rings. The monoisotopic (exact) mass is 505 g/mol. The van der Waals surface area contributed by atoms with Gasteiger partial charge in [0.1, 0.15) is 5.76 Å². The fourth-order valence-electron chi connectivity index (χ4n) is 2.70. The summed E-state index contributed by atoms with van der Waals surface area (Å²) < 4.78 is 11.1. The summed E-state index contributed by atoms with van der Waals surface area (Å²) in [6, 6.07) is 22.4. The van der Waals surface area contributed by atoms with Crippen molar-refractivity contribution in [3.05, 3.63) is 95.4 Å². The number of halogens is 1. The predicted molar refractivity (Wildman–Crippen MR) is 127 cm³/mol. The Kier molecular flexibility index (Phi) is 10.3. The molecule has 3 rings (SSSR count). The van der Waals surface area contributed by atoms with Gasteiger partial charge in [0.05, 0.1) is 32.6 Å². The fraction of sp³-hybridized carbons (Fsp3) is 0.261. The van der Waals surface area contributed by atoms with E-state index < -0.39 is 0 Å². The maximum atomic E-state index is 5.79. The Balaban J connectivity index is 0.00000300. The van der Waals surface area contributed by atoms with Crippen molar-refractivity contribution in [3.63, 3.8) is 0 Å². The molecule has 0 saturated heterocycles. The van der Waals surface area contributed by atoms with Crippen molar-refractivity contribution in [3.8, 4) is 0 Å². The highest BCUT2D eigenvalue weighted by Gasteiger charge is 2.01. The highest BCUT2D eigenvalue weighted by molar-refractivity contribution is 14.0. The molecule has 154 valence electrons. The van der Waals surface area contributed by atoms with Crippen LogP contribution in [0.15, 0.2) is 82.4 Å². The van der Waals surface area contributed by atoms with Crippen LogP contribution in [0, 0.1) is 0 Å². The fourth-order valence-corrected chi connectivity index (χ4v) is 2.70. The lowest BCUT2D eigenvalue weighted by Gasteiger charge is -2.10. The van der Waals surface area contributed by atoms with Crippen LogP contribution in [0.2, 0.25) is 0 Å². The second kappa shape index (κ2) is 13.0. The molecule has 0 spiro atoms. The van der Waals surface area contributed by atoms with Crippen molar-refractivity contribution in [1.29, 1.82) is 0 Å². The van der Waals surface area contributed by atoms with Crippen LogP contribution < -0.4 is 10.6 Å². The molecule has 0 aliphatic heterocycles. The van der Waals surface area contributed by atoms with Crippen molar-refractivity contribution in [2.24, 2.45) is 4.99 Å². The van der Waals surface area contributed by atoms with E-state index in [-0.39, 0.29) is 24.0 Å². The summed E-state index contributed by atoms with van der Waals surface area (Å²) in [4.78, 5) is 4.64. The summed E-state index contributed by atoms with van der Waals surface area (Å²) in [5.74, 6) is 1.65. The number of ether oxygens (including phenoxy) is 1. The number of nitrogens with zero attached hydrogens (tertiary/aromatic N) is 1. The van der Waals surface area contributed by atoms with E-state index >= 15 is 0 Å². The number of rotatable bonds is 9. The van der Waals surface area contributed by atoms with Gasteiger partial charge in [-0.1, -0.05) is 54.6 Å². The largest absolute Gasteiger partial charge is 0.467 e. The van der Waals surface area contributed by atoms with Crippen molar-refractivity contribution in [1.82, 2.24) is 10.6 Å². The van der Waals surface area contributed by atoms with Crippen LogP contribution in [0.25, 0.3) is 0 Å². The van der Waals surface area contributed by atoms with Crippen LogP contribution in [-0.4, -0.2) is 12.5 Å². The first-order valence-electron chi connectivity index (χ1n) is 9.57. The van der Waals surface area contributed by atoms with Gasteiger partial charge in [0, 0.05) is 6.54 Å². The molecule has 1 heterocycles. The quantitative estimate of drug-likeness (QED) is 0.248. The second-order valence-electron chi connectivity index (χ2n) is 6.42. The minimum atomic E-state index is 0. The van der Waals surface area contributed by atoms with Gasteiger partial charge in [-0.2, -0.15) is 0 Å². The molecule has 2 N–H and O–H groups in total. The van der Waals surface area contributed by atoms with Crippen molar-refractivity contribution in [2.75, 3.05) is 6.54 Å². The number of nitrogens with one attached hydrogen (secondary N) is 2. The van der Waals surface area contributed by atoms with Crippen LogP contribution in [0.4, 0.5) is 0 Å². The van der Waals surface area contributed by atoms with Crippen molar-refractivity contribution < 1.29 is 9.15 Å². The van der Waals surface area contributed by atoms with Crippen molar-refractivity contribution in [2.45, 2.75) is 33.2 Å². The first kappa shape index (κ1) is 23.0. The van der Waals surface area contributed by atoms with Crippen LogP contribution >= 0.6 is 24.0 Å². The van der Waals surface area contributed by atoms with Gasteiger partial charge >= 0.3 is 0 Å². The molecule has 0 saturated carbocycles. The molecule has 0 bridgehead atoms. The molecule has 6 heteroatoms. The highest BCUT2D eigenvalue weighted by Crippen LogP contribution is 2.09. The third-order valence-corrected chi connectivity index (χ3v) is 4.18. The Bertz CT molecular complexity index is 834. The average molecular weight is 505 g/mol. The van der Waals surface area contributed by atoms with E-state index in [4.69, 9.17) is 9.15 Å². The zero-order chi connectivity index (χ0) is 19.4. The van der Waals surface area contributed by atoms with Gasteiger partial charge in [0.2, 0.25) is 0 Å². The number of benzene rings is 2. The Morgan fingerprint density at radius 2 is 1.55 bits per heavy atom. The zero-order valence-electron chi connectivity index (χ0n) is 16.6. The first-order valence-corrected chi connectivity index (χ1v) is 9.57. The number of aliphatic imine (C=N–C) groups is 1. The van der Waals surface area contributed by atoms with Crippen molar-refractivity contribution >= 4 is 29.9 Å². The first-order chi connectivity index (χ1) is 13.8. The Labute approximate surface area is 189 Å². The Morgan fingerprint density at radius 3 is 2.21 bits per heavy atom. The summed E-state index contributed by atoms with van der Waals surface area (Å²) >= 11 is 0. The summed E-state index contributed by atoms with van der Waals surface area (Å²) in [5, 5.41) is 6.52. The Morgan fingerprint density at radius 1 is 0.862 bits per heavy atom. The summed E-state index contributed by atoms with van der Waals surface area (Å²) in [7, 11) is 0. The Hall–Kier alpha value is -2.32. The molecule has 0 unspecified atom stereocenters. The van der Waals surface area contributed by atoms with Gasteiger partial charge in [-0.25, -0.2) is 4.99 Å². The van der Waals surface area contributed by atoms with Gasteiger partial charge in [0.25, 0.3) is 0 Å². The normalized spacial score (nSPS) is 11.0. The second-order valence-corrected chi connectivity index (χ2v) is 6.42. The lowest BCUT2D eigenvalue weighted by atomic mass is 10.1. The van der Waals surface area contributed by atoms with Gasteiger partial charge in [0.15, 0.2) is 5.96 Å². The lowest BCUT2D eigenvalue weighted by Crippen LogP contribution is -2.36. The SMILES string of the molecule is CCNC(=NCc1ccc(COCc2ccccc2)cc1)NCc1ccco1.I. The molecule has 0 aliphatic rings. The average Bonchev–Trinajstić information content (AvgIpc) is 3.25. The van der Waals surface area contributed by atoms with Crippen LogP contribution in [-0.2, 0) is 31.0 Å². The molecule has 0 aliphatic carbocycles. The number of hydrogen-bond acceptors (Lipinski definition) is 3. The lowest BCUT2D eigenvalue weighted by molar-refractivity contribution is 0.107. The van der Waals surface area contributed by atoms with Crippen LogP contribution in [0.5, 0.6) is 0 Å². The molecule has 0 radical (unpaired) electrons. The minimum absolute atomic E-state index is 0. The summed E-state index contributed by atoms with van der Waals surface area (Å²) in [5.41, 5.74) is 3.50. The summed E-state index contributed by atoms with van der Waals surface area (Å²) in [6.07, 6.45) is 1.67. The van der Waals surface area contributed by atoms with Gasteiger partial charge in [-0.3, -0.25) is 0 Å². The van der Waals surface area contributed by atoms with Crippen LogP contribution in [0.3, 0.4) is 0 Å². The van der Waals surface area contributed by atoms with Crippen LogP contribution in [0.1, 0.15) is 29.4 Å². The third kappa shape index (κ3) is 8.29. The molecule has 0 amide bonds. The molecule has 0 atom stereocenters. The molecule has 3 aromatic rings. The van der Waals surface area contributed by atoms with Gasteiger partial charge < -0.3 is 19.8 Å². The number of hydrogen-bond donors (Lipinski definition) is 2. The van der Waals surface area contributed by atoms with E-state index in [1.165, 1.54) is 5.56 Å². The molecular weight excluding hydrogens is 477 g/mol. The van der Waals surface area contributed by atoms with E-state index in [0.29, 0.717) is 26.3 Å². The maximum Gasteiger partial charge on any atom is 0.191 e. The van der Waals surface area contributed by atoms with Gasteiger partial charge in [-0.15, -0.1) is 24.0 Å². The number of furan rings is 1. The maximum absolute atomic E-state index is 5.79. The van der Waals surface area contributed by atoms with E-state index in [0.717, 1.165) is 29.4 Å². The summed E-state index contributed by atoms with van der Waals surface area (Å²) in [6.45, 7) is 5.30. The number of guanidine groups is 1. The highest BCUT2D eigenvalue weighted by atomic mass is 127.